The Balaban J connectivity index is 2.21. The number of aliphatic hydroxyl groups is 3. The molecule has 5 nitrogen and oxygen atoms in total. The van der Waals surface area contributed by atoms with Crippen LogP contribution in [-0.2, 0) is 5.72 Å². The third-order valence-corrected chi connectivity index (χ3v) is 4.88. The van der Waals surface area contributed by atoms with Gasteiger partial charge in [0, 0.05) is 13.0 Å². The van der Waals surface area contributed by atoms with Crippen LogP contribution in [0.15, 0.2) is 24.3 Å². The van der Waals surface area contributed by atoms with E-state index in [1.165, 1.54) is 51.4 Å². The molecule has 1 aromatic rings. The Labute approximate surface area is 164 Å². The Bertz CT molecular complexity index is 476. The predicted octanol–water partition coefficient (Wildman–Crippen LogP) is 3.83. The molecule has 2 atom stereocenters. The summed E-state index contributed by atoms with van der Waals surface area (Å²) < 4.78 is 5.75. The molecule has 0 saturated carbocycles. The summed E-state index contributed by atoms with van der Waals surface area (Å²) >= 11 is 0. The number of rotatable bonds is 16. The number of hydrogen-bond acceptors (Lipinski definition) is 5. The van der Waals surface area contributed by atoms with Gasteiger partial charge in [-0.1, -0.05) is 70.4 Å². The van der Waals surface area contributed by atoms with Crippen LogP contribution in [0.4, 0.5) is 0 Å². The normalized spacial score (nSPS) is 14.7. The minimum absolute atomic E-state index is 0.0216. The van der Waals surface area contributed by atoms with E-state index in [-0.39, 0.29) is 19.4 Å². The third-order valence-electron chi connectivity index (χ3n) is 4.88. The Morgan fingerprint density at radius 2 is 1.52 bits per heavy atom. The van der Waals surface area contributed by atoms with Crippen molar-refractivity contribution in [2.45, 2.75) is 89.4 Å². The lowest BCUT2D eigenvalue weighted by molar-refractivity contribution is -0.0162. The van der Waals surface area contributed by atoms with Crippen molar-refractivity contribution in [2.75, 3.05) is 13.2 Å². The molecule has 2 unspecified atom stereocenters. The van der Waals surface area contributed by atoms with E-state index in [2.05, 4.69) is 6.92 Å². The van der Waals surface area contributed by atoms with E-state index in [1.807, 2.05) is 0 Å². The van der Waals surface area contributed by atoms with Crippen molar-refractivity contribution in [1.82, 2.24) is 0 Å². The van der Waals surface area contributed by atoms with E-state index in [0.29, 0.717) is 12.2 Å². The average Bonchev–Trinajstić information content (AvgIpc) is 2.63. The minimum Gasteiger partial charge on any atom is -0.494 e. The summed E-state index contributed by atoms with van der Waals surface area (Å²) in [5, 5.41) is 28.9. The largest absolute Gasteiger partial charge is 0.494 e. The SMILES string of the molecule is CCCCCCCCCCCOc1ccc(C(N)(O)CC(O)CCO)cc1. The molecule has 5 heteroatoms. The highest BCUT2D eigenvalue weighted by molar-refractivity contribution is 5.30. The zero-order chi connectivity index (χ0) is 20.0. The highest BCUT2D eigenvalue weighted by atomic mass is 16.5. The van der Waals surface area contributed by atoms with Crippen LogP contribution < -0.4 is 10.5 Å². The molecule has 0 radical (unpaired) electrons. The van der Waals surface area contributed by atoms with Crippen molar-refractivity contribution in [3.8, 4) is 5.75 Å². The monoisotopic (exact) mass is 381 g/mol. The fraction of sp³-hybridized carbons (Fsp3) is 0.727. The van der Waals surface area contributed by atoms with Crippen LogP contribution in [-0.4, -0.2) is 34.6 Å². The average molecular weight is 382 g/mol. The second-order valence-electron chi connectivity index (χ2n) is 7.50. The van der Waals surface area contributed by atoms with Crippen molar-refractivity contribution in [3.05, 3.63) is 29.8 Å². The lowest BCUT2D eigenvalue weighted by Crippen LogP contribution is -2.40. The van der Waals surface area contributed by atoms with Gasteiger partial charge >= 0.3 is 0 Å². The quantitative estimate of drug-likeness (QED) is 0.258. The Hall–Kier alpha value is -1.14. The zero-order valence-electron chi connectivity index (χ0n) is 16.9. The maximum atomic E-state index is 10.3. The molecular weight excluding hydrogens is 342 g/mol. The number of unbranched alkanes of at least 4 members (excludes halogenated alkanes) is 8. The summed E-state index contributed by atoms with van der Waals surface area (Å²) in [5.41, 5.74) is 4.80. The summed E-state index contributed by atoms with van der Waals surface area (Å²) in [6, 6.07) is 7.02. The van der Waals surface area contributed by atoms with Crippen LogP contribution in [0, 0.1) is 0 Å². The number of aliphatic hydroxyl groups excluding tert-OH is 2. The van der Waals surface area contributed by atoms with Gasteiger partial charge in [-0.15, -0.1) is 0 Å². The van der Waals surface area contributed by atoms with Gasteiger partial charge in [0.1, 0.15) is 11.5 Å². The minimum atomic E-state index is -1.62. The molecule has 5 N–H and O–H groups in total. The summed E-state index contributed by atoms with van der Waals surface area (Å²) in [7, 11) is 0. The topological polar surface area (TPSA) is 95.9 Å². The first kappa shape index (κ1) is 23.9. The van der Waals surface area contributed by atoms with E-state index in [9.17, 15) is 10.2 Å². The fourth-order valence-electron chi connectivity index (χ4n) is 3.17. The van der Waals surface area contributed by atoms with E-state index in [1.54, 1.807) is 24.3 Å². The van der Waals surface area contributed by atoms with Gasteiger partial charge in [0.05, 0.1) is 12.7 Å². The third kappa shape index (κ3) is 10.7. The molecule has 0 aliphatic carbocycles. The molecule has 0 bridgehead atoms. The van der Waals surface area contributed by atoms with Gasteiger partial charge in [-0.25, -0.2) is 0 Å². The number of hydrogen-bond donors (Lipinski definition) is 4. The maximum Gasteiger partial charge on any atom is 0.142 e. The summed E-state index contributed by atoms with van der Waals surface area (Å²) in [4.78, 5) is 0. The summed E-state index contributed by atoms with van der Waals surface area (Å²) in [6.07, 6.45) is 10.9. The second-order valence-corrected chi connectivity index (χ2v) is 7.50. The molecule has 0 saturated heterocycles. The van der Waals surface area contributed by atoms with Crippen molar-refractivity contribution >= 4 is 0 Å². The van der Waals surface area contributed by atoms with Gasteiger partial charge < -0.3 is 20.1 Å². The zero-order valence-corrected chi connectivity index (χ0v) is 16.9. The van der Waals surface area contributed by atoms with E-state index in [0.717, 1.165) is 12.2 Å². The highest BCUT2D eigenvalue weighted by Crippen LogP contribution is 2.24. The Kier molecular flexibility index (Phi) is 12.3. The van der Waals surface area contributed by atoms with Crippen LogP contribution >= 0.6 is 0 Å². The van der Waals surface area contributed by atoms with Crippen molar-refractivity contribution in [2.24, 2.45) is 5.73 Å². The lowest BCUT2D eigenvalue weighted by atomic mass is 9.96. The number of benzene rings is 1. The standard InChI is InChI=1S/C22H39NO4/c1-2-3-4-5-6-7-8-9-10-17-27-21-13-11-19(12-14-21)22(23,26)18-20(25)15-16-24/h11-14,20,24-26H,2-10,15-18,23H2,1H3. The first-order chi connectivity index (χ1) is 13.0. The van der Waals surface area contributed by atoms with Crippen LogP contribution in [0.5, 0.6) is 5.75 Å². The van der Waals surface area contributed by atoms with Crippen molar-refractivity contribution in [3.63, 3.8) is 0 Å². The molecule has 27 heavy (non-hydrogen) atoms. The molecule has 0 amide bonds. The Morgan fingerprint density at radius 3 is 2.07 bits per heavy atom. The summed E-state index contributed by atoms with van der Waals surface area (Å²) in [5.74, 6) is 0.755. The fourth-order valence-corrected chi connectivity index (χ4v) is 3.17. The highest BCUT2D eigenvalue weighted by Gasteiger charge is 2.27. The van der Waals surface area contributed by atoms with Crippen molar-refractivity contribution in [1.29, 1.82) is 0 Å². The number of ether oxygens (including phenoxy) is 1. The van der Waals surface area contributed by atoms with Crippen LogP contribution in [0.25, 0.3) is 0 Å². The lowest BCUT2D eigenvalue weighted by Gasteiger charge is -2.26. The second kappa shape index (κ2) is 13.9. The molecule has 0 fully saturated rings. The molecule has 1 aromatic carbocycles. The van der Waals surface area contributed by atoms with Crippen LogP contribution in [0.2, 0.25) is 0 Å². The van der Waals surface area contributed by atoms with Crippen LogP contribution in [0.3, 0.4) is 0 Å². The Morgan fingerprint density at radius 1 is 0.963 bits per heavy atom. The summed E-state index contributed by atoms with van der Waals surface area (Å²) in [6.45, 7) is 2.80. The molecule has 0 spiro atoms. The van der Waals surface area contributed by atoms with Gasteiger partial charge in [-0.3, -0.25) is 5.73 Å². The molecule has 156 valence electrons. The molecular formula is C22H39NO4. The predicted molar refractivity (Wildman–Crippen MR) is 110 cm³/mol. The van der Waals surface area contributed by atoms with Gasteiger partial charge in [0.2, 0.25) is 0 Å². The van der Waals surface area contributed by atoms with E-state index in [4.69, 9.17) is 15.6 Å². The van der Waals surface area contributed by atoms with Crippen molar-refractivity contribution < 1.29 is 20.1 Å². The van der Waals surface area contributed by atoms with Gasteiger partial charge in [-0.2, -0.15) is 0 Å². The molecule has 1 rings (SSSR count). The molecule has 0 aromatic heterocycles. The maximum absolute atomic E-state index is 10.3. The molecule has 0 heterocycles. The first-order valence-electron chi connectivity index (χ1n) is 10.5. The molecule has 0 aliphatic heterocycles. The van der Waals surface area contributed by atoms with Crippen LogP contribution in [0.1, 0.15) is 83.1 Å². The molecule has 0 aliphatic rings. The van der Waals surface area contributed by atoms with Gasteiger partial charge in [-0.05, 0) is 30.5 Å². The van der Waals surface area contributed by atoms with Gasteiger partial charge in [0.15, 0.2) is 0 Å². The van der Waals surface area contributed by atoms with Gasteiger partial charge in [0.25, 0.3) is 0 Å². The van der Waals surface area contributed by atoms with E-state index >= 15 is 0 Å². The van der Waals surface area contributed by atoms with E-state index < -0.39 is 11.8 Å². The first-order valence-corrected chi connectivity index (χ1v) is 10.5. The smallest absolute Gasteiger partial charge is 0.142 e. The number of nitrogens with two attached hydrogens (primary N) is 1.